The number of aryl methyl sites for hydroxylation is 1. The van der Waals surface area contributed by atoms with Crippen LogP contribution in [0.4, 0.5) is 5.82 Å². The second kappa shape index (κ2) is 6.16. The first kappa shape index (κ1) is 15.0. The molecule has 0 bridgehead atoms. The Labute approximate surface area is 140 Å². The number of anilines is 1. The SMILES string of the molecule is Cc1noc([C@@H](C)N2CCN(c3ncnc4ccccc34)CC2)n1. The molecule has 7 nitrogen and oxygen atoms in total. The van der Waals surface area contributed by atoms with Gasteiger partial charge in [0.15, 0.2) is 5.82 Å². The first-order chi connectivity index (χ1) is 11.7. The van der Waals surface area contributed by atoms with Crippen molar-refractivity contribution in [3.8, 4) is 0 Å². The number of fused-ring (bicyclic) bond motifs is 1. The van der Waals surface area contributed by atoms with Gasteiger partial charge in [-0.15, -0.1) is 0 Å². The van der Waals surface area contributed by atoms with Gasteiger partial charge in [0.25, 0.3) is 0 Å². The largest absolute Gasteiger partial charge is 0.353 e. The Hall–Kier alpha value is -2.54. The molecule has 0 saturated carbocycles. The van der Waals surface area contributed by atoms with E-state index in [2.05, 4.69) is 42.9 Å². The zero-order chi connectivity index (χ0) is 16.5. The highest BCUT2D eigenvalue weighted by molar-refractivity contribution is 5.89. The lowest BCUT2D eigenvalue weighted by atomic mass is 10.2. The van der Waals surface area contributed by atoms with Crippen LogP contribution in [0.1, 0.15) is 24.7 Å². The molecule has 0 spiro atoms. The molecule has 0 amide bonds. The number of hydrogen-bond donors (Lipinski definition) is 0. The van der Waals surface area contributed by atoms with Crippen molar-refractivity contribution in [1.29, 1.82) is 0 Å². The maximum atomic E-state index is 5.31. The molecule has 0 aliphatic carbocycles. The molecule has 1 aliphatic heterocycles. The number of para-hydroxylation sites is 1. The molecule has 1 fully saturated rings. The summed E-state index contributed by atoms with van der Waals surface area (Å²) in [7, 11) is 0. The summed E-state index contributed by atoms with van der Waals surface area (Å²) >= 11 is 0. The lowest BCUT2D eigenvalue weighted by Gasteiger charge is -2.37. The van der Waals surface area contributed by atoms with E-state index in [-0.39, 0.29) is 6.04 Å². The van der Waals surface area contributed by atoms with Crippen molar-refractivity contribution in [2.45, 2.75) is 19.9 Å². The molecule has 3 heterocycles. The zero-order valence-corrected chi connectivity index (χ0v) is 13.9. The van der Waals surface area contributed by atoms with E-state index < -0.39 is 0 Å². The van der Waals surface area contributed by atoms with Crippen LogP contribution in [0.25, 0.3) is 10.9 Å². The minimum absolute atomic E-state index is 0.135. The van der Waals surface area contributed by atoms with Gasteiger partial charge in [-0.2, -0.15) is 4.98 Å². The second-order valence-electron chi connectivity index (χ2n) is 6.09. The monoisotopic (exact) mass is 324 g/mol. The van der Waals surface area contributed by atoms with Crippen LogP contribution in [-0.4, -0.2) is 51.2 Å². The molecule has 124 valence electrons. The Balaban J connectivity index is 1.49. The van der Waals surface area contributed by atoms with Crippen LogP contribution in [0.3, 0.4) is 0 Å². The zero-order valence-electron chi connectivity index (χ0n) is 13.9. The Morgan fingerprint density at radius 2 is 1.88 bits per heavy atom. The molecule has 1 atom stereocenters. The molecular weight excluding hydrogens is 304 g/mol. The summed E-state index contributed by atoms with van der Waals surface area (Å²) in [6.45, 7) is 7.65. The first-order valence-corrected chi connectivity index (χ1v) is 8.21. The smallest absolute Gasteiger partial charge is 0.243 e. The predicted octanol–water partition coefficient (Wildman–Crippen LogP) is 2.20. The van der Waals surface area contributed by atoms with Gasteiger partial charge in [0.05, 0.1) is 11.6 Å². The molecule has 1 saturated heterocycles. The molecule has 1 aromatic carbocycles. The van der Waals surface area contributed by atoms with E-state index in [0.29, 0.717) is 11.7 Å². The van der Waals surface area contributed by atoms with Gasteiger partial charge in [-0.1, -0.05) is 17.3 Å². The molecule has 1 aliphatic rings. The minimum Gasteiger partial charge on any atom is -0.353 e. The van der Waals surface area contributed by atoms with Crippen molar-refractivity contribution >= 4 is 16.7 Å². The number of rotatable bonds is 3. The van der Waals surface area contributed by atoms with Gasteiger partial charge in [0, 0.05) is 31.6 Å². The summed E-state index contributed by atoms with van der Waals surface area (Å²) in [5, 5.41) is 4.99. The normalized spacial score (nSPS) is 17.3. The maximum absolute atomic E-state index is 5.31. The standard InChI is InChI=1S/C17H20N6O/c1-12(17-20-13(2)21-24-17)22-7-9-23(10-8-22)16-14-5-3-4-6-15(14)18-11-19-16/h3-6,11-12H,7-10H2,1-2H3/t12-/m1/s1. The van der Waals surface area contributed by atoms with Crippen LogP contribution in [0.5, 0.6) is 0 Å². The van der Waals surface area contributed by atoms with Crippen molar-refractivity contribution in [1.82, 2.24) is 25.0 Å². The van der Waals surface area contributed by atoms with E-state index in [9.17, 15) is 0 Å². The molecule has 0 unspecified atom stereocenters. The number of hydrogen-bond acceptors (Lipinski definition) is 7. The first-order valence-electron chi connectivity index (χ1n) is 8.21. The van der Waals surface area contributed by atoms with E-state index in [1.165, 1.54) is 0 Å². The Morgan fingerprint density at radius 1 is 1.08 bits per heavy atom. The molecular formula is C17H20N6O. The molecule has 0 N–H and O–H groups in total. The van der Waals surface area contributed by atoms with Gasteiger partial charge in [0.1, 0.15) is 12.1 Å². The highest BCUT2D eigenvalue weighted by atomic mass is 16.5. The molecule has 4 rings (SSSR count). The lowest BCUT2D eigenvalue weighted by molar-refractivity contribution is 0.164. The van der Waals surface area contributed by atoms with Gasteiger partial charge >= 0.3 is 0 Å². The Bertz CT molecular complexity index is 834. The van der Waals surface area contributed by atoms with Crippen LogP contribution >= 0.6 is 0 Å². The fraction of sp³-hybridized carbons (Fsp3) is 0.412. The maximum Gasteiger partial charge on any atom is 0.243 e. The average molecular weight is 324 g/mol. The molecule has 24 heavy (non-hydrogen) atoms. The third kappa shape index (κ3) is 2.71. The highest BCUT2D eigenvalue weighted by Gasteiger charge is 2.26. The number of aromatic nitrogens is 4. The van der Waals surface area contributed by atoms with Gasteiger partial charge in [-0.3, -0.25) is 4.90 Å². The summed E-state index contributed by atoms with van der Waals surface area (Å²) in [4.78, 5) is 17.9. The van der Waals surface area contributed by atoms with Crippen molar-refractivity contribution < 1.29 is 4.52 Å². The quantitative estimate of drug-likeness (QED) is 0.731. The summed E-state index contributed by atoms with van der Waals surface area (Å²) < 4.78 is 5.31. The number of nitrogens with zero attached hydrogens (tertiary/aromatic N) is 6. The van der Waals surface area contributed by atoms with E-state index in [0.717, 1.165) is 42.9 Å². The third-order valence-corrected chi connectivity index (χ3v) is 4.58. The predicted molar refractivity (Wildman–Crippen MR) is 90.8 cm³/mol. The summed E-state index contributed by atoms with van der Waals surface area (Å²) in [5.74, 6) is 2.39. The van der Waals surface area contributed by atoms with Crippen molar-refractivity contribution in [3.63, 3.8) is 0 Å². The van der Waals surface area contributed by atoms with Crippen LogP contribution in [0, 0.1) is 6.92 Å². The van der Waals surface area contributed by atoms with Gasteiger partial charge < -0.3 is 9.42 Å². The minimum atomic E-state index is 0.135. The van der Waals surface area contributed by atoms with Crippen molar-refractivity contribution in [2.75, 3.05) is 31.1 Å². The van der Waals surface area contributed by atoms with E-state index in [1.807, 2.05) is 25.1 Å². The molecule has 0 radical (unpaired) electrons. The second-order valence-corrected chi connectivity index (χ2v) is 6.09. The third-order valence-electron chi connectivity index (χ3n) is 4.58. The number of piperazine rings is 1. The Morgan fingerprint density at radius 3 is 2.62 bits per heavy atom. The molecule has 7 heteroatoms. The molecule has 2 aromatic heterocycles. The van der Waals surface area contributed by atoms with Crippen LogP contribution in [0.2, 0.25) is 0 Å². The van der Waals surface area contributed by atoms with Gasteiger partial charge in [-0.25, -0.2) is 9.97 Å². The van der Waals surface area contributed by atoms with E-state index >= 15 is 0 Å². The lowest BCUT2D eigenvalue weighted by Crippen LogP contribution is -2.47. The number of benzene rings is 1. The summed E-state index contributed by atoms with van der Waals surface area (Å²) in [6, 6.07) is 8.28. The van der Waals surface area contributed by atoms with E-state index in [1.54, 1.807) is 6.33 Å². The van der Waals surface area contributed by atoms with Crippen molar-refractivity contribution in [3.05, 3.63) is 42.3 Å². The summed E-state index contributed by atoms with van der Waals surface area (Å²) in [6.07, 6.45) is 1.65. The fourth-order valence-electron chi connectivity index (χ4n) is 3.20. The Kier molecular flexibility index (Phi) is 3.86. The van der Waals surface area contributed by atoms with E-state index in [4.69, 9.17) is 4.52 Å². The molecule has 3 aromatic rings. The van der Waals surface area contributed by atoms with Crippen molar-refractivity contribution in [2.24, 2.45) is 0 Å². The van der Waals surface area contributed by atoms with Gasteiger partial charge in [0.2, 0.25) is 5.89 Å². The van der Waals surface area contributed by atoms with Crippen LogP contribution in [-0.2, 0) is 0 Å². The fourth-order valence-corrected chi connectivity index (χ4v) is 3.20. The highest BCUT2D eigenvalue weighted by Crippen LogP contribution is 2.26. The summed E-state index contributed by atoms with van der Waals surface area (Å²) in [5.41, 5.74) is 0.986. The topological polar surface area (TPSA) is 71.2 Å². The van der Waals surface area contributed by atoms with Gasteiger partial charge in [-0.05, 0) is 26.0 Å². The van der Waals surface area contributed by atoms with Crippen LogP contribution in [0.15, 0.2) is 35.1 Å². The average Bonchev–Trinajstić information content (AvgIpc) is 3.07. The van der Waals surface area contributed by atoms with Crippen LogP contribution < -0.4 is 4.90 Å².